The normalized spacial score (nSPS) is 17.1. The molecule has 28 heavy (non-hydrogen) atoms. The molecule has 1 aliphatic heterocycles. The molecule has 0 radical (unpaired) electrons. The molecular formula is C21H24N4O3. The lowest BCUT2D eigenvalue weighted by Crippen LogP contribution is -2.23. The summed E-state index contributed by atoms with van der Waals surface area (Å²) in [5, 5.41) is 4.20. The number of hydrogen-bond donors (Lipinski definition) is 0. The van der Waals surface area contributed by atoms with Crippen LogP contribution >= 0.6 is 0 Å². The van der Waals surface area contributed by atoms with Crippen molar-refractivity contribution in [3.63, 3.8) is 0 Å². The Labute approximate surface area is 164 Å². The Morgan fingerprint density at radius 3 is 2.89 bits per heavy atom. The van der Waals surface area contributed by atoms with Gasteiger partial charge in [-0.15, -0.1) is 0 Å². The van der Waals surface area contributed by atoms with Crippen molar-refractivity contribution in [2.75, 3.05) is 26.9 Å². The molecule has 0 amide bonds. The second kappa shape index (κ2) is 8.95. The lowest BCUT2D eigenvalue weighted by molar-refractivity contribution is 0.144. The molecule has 0 bridgehead atoms. The lowest BCUT2D eigenvalue weighted by atomic mass is 10.2. The van der Waals surface area contributed by atoms with E-state index < -0.39 is 0 Å². The van der Waals surface area contributed by atoms with Crippen LogP contribution in [0.1, 0.15) is 30.3 Å². The third-order valence-corrected chi connectivity index (χ3v) is 4.86. The van der Waals surface area contributed by atoms with Crippen molar-refractivity contribution in [2.24, 2.45) is 0 Å². The molecule has 3 heterocycles. The molecule has 7 nitrogen and oxygen atoms in total. The molecule has 1 aromatic carbocycles. The van der Waals surface area contributed by atoms with Gasteiger partial charge in [0.2, 0.25) is 17.6 Å². The summed E-state index contributed by atoms with van der Waals surface area (Å²) in [6.07, 6.45) is 3.82. The second-order valence-corrected chi connectivity index (χ2v) is 6.77. The molecule has 0 aliphatic carbocycles. The summed E-state index contributed by atoms with van der Waals surface area (Å²) in [5.41, 5.74) is 2.01. The zero-order valence-electron chi connectivity index (χ0n) is 16.0. The quantitative estimate of drug-likeness (QED) is 0.554. The highest BCUT2D eigenvalue weighted by atomic mass is 16.5. The highest BCUT2D eigenvalue weighted by Crippen LogP contribution is 2.34. The van der Waals surface area contributed by atoms with Crippen LogP contribution in [0, 0.1) is 0 Å². The lowest BCUT2D eigenvalue weighted by Gasteiger charge is -2.21. The number of rotatable bonds is 8. The molecule has 0 N–H and O–H groups in total. The molecule has 3 aromatic rings. The Bertz CT molecular complexity index is 884. The van der Waals surface area contributed by atoms with Crippen molar-refractivity contribution >= 4 is 0 Å². The van der Waals surface area contributed by atoms with E-state index in [0.717, 1.165) is 31.5 Å². The summed E-state index contributed by atoms with van der Waals surface area (Å²) in [4.78, 5) is 11.4. The van der Waals surface area contributed by atoms with E-state index >= 15 is 0 Å². The molecule has 1 atom stereocenters. The number of ether oxygens (including phenoxy) is 2. The maximum atomic E-state index is 5.70. The highest BCUT2D eigenvalue weighted by Gasteiger charge is 2.31. The number of hydrogen-bond acceptors (Lipinski definition) is 7. The topological polar surface area (TPSA) is 73.5 Å². The van der Waals surface area contributed by atoms with Crippen molar-refractivity contribution in [2.45, 2.75) is 25.4 Å². The van der Waals surface area contributed by atoms with Gasteiger partial charge in [-0.25, -0.2) is 4.98 Å². The third kappa shape index (κ3) is 4.21. The maximum absolute atomic E-state index is 5.70. The average Bonchev–Trinajstić information content (AvgIpc) is 3.39. The standard InChI is InChI=1S/C21H24N4O3/c1-26-13-14-27-20-17(9-5-11-22-20)19-23-21(28-24-19)18-10-6-12-25(18)15-16-7-3-2-4-8-16/h2-5,7-9,11,18H,6,10,12-15H2,1H3. The Balaban J connectivity index is 1.51. The van der Waals surface area contributed by atoms with Crippen molar-refractivity contribution in [3.8, 4) is 17.3 Å². The summed E-state index contributed by atoms with van der Waals surface area (Å²) in [6, 6.07) is 14.3. The van der Waals surface area contributed by atoms with Crippen LogP contribution in [-0.4, -0.2) is 46.9 Å². The third-order valence-electron chi connectivity index (χ3n) is 4.86. The number of pyridine rings is 1. The maximum Gasteiger partial charge on any atom is 0.244 e. The number of aromatic nitrogens is 3. The first kappa shape index (κ1) is 18.6. The van der Waals surface area contributed by atoms with Gasteiger partial charge in [0.1, 0.15) is 6.61 Å². The van der Waals surface area contributed by atoms with Gasteiger partial charge in [0.05, 0.1) is 18.2 Å². The van der Waals surface area contributed by atoms with E-state index in [1.54, 1.807) is 13.3 Å². The Kier molecular flexibility index (Phi) is 5.94. The van der Waals surface area contributed by atoms with Crippen LogP contribution in [0.4, 0.5) is 0 Å². The van der Waals surface area contributed by atoms with Gasteiger partial charge in [-0.2, -0.15) is 4.98 Å². The van der Waals surface area contributed by atoms with E-state index in [0.29, 0.717) is 30.8 Å². The van der Waals surface area contributed by atoms with E-state index in [2.05, 4.69) is 44.3 Å². The van der Waals surface area contributed by atoms with Gasteiger partial charge >= 0.3 is 0 Å². The molecule has 1 fully saturated rings. The van der Waals surface area contributed by atoms with Crippen LogP contribution in [0.25, 0.3) is 11.4 Å². The molecule has 1 saturated heterocycles. The molecule has 146 valence electrons. The minimum atomic E-state index is 0.135. The van der Waals surface area contributed by atoms with E-state index in [1.807, 2.05) is 18.2 Å². The minimum Gasteiger partial charge on any atom is -0.475 e. The SMILES string of the molecule is COCCOc1ncccc1-c1noc(C2CCCN2Cc2ccccc2)n1. The van der Waals surface area contributed by atoms with E-state index in [-0.39, 0.29) is 6.04 Å². The molecule has 7 heteroatoms. The van der Waals surface area contributed by atoms with Gasteiger partial charge in [0.25, 0.3) is 0 Å². The van der Waals surface area contributed by atoms with Gasteiger partial charge in [-0.1, -0.05) is 35.5 Å². The van der Waals surface area contributed by atoms with Crippen LogP contribution in [-0.2, 0) is 11.3 Å². The average molecular weight is 380 g/mol. The monoisotopic (exact) mass is 380 g/mol. The van der Waals surface area contributed by atoms with Gasteiger partial charge in [-0.05, 0) is 37.1 Å². The summed E-state index contributed by atoms with van der Waals surface area (Å²) in [6.45, 7) is 2.81. The largest absolute Gasteiger partial charge is 0.475 e. The molecule has 0 spiro atoms. The molecule has 2 aromatic heterocycles. The van der Waals surface area contributed by atoms with Crippen LogP contribution in [0.5, 0.6) is 5.88 Å². The van der Waals surface area contributed by atoms with E-state index in [9.17, 15) is 0 Å². The minimum absolute atomic E-state index is 0.135. The fraction of sp³-hybridized carbons (Fsp3) is 0.381. The van der Waals surface area contributed by atoms with Crippen LogP contribution in [0.2, 0.25) is 0 Å². The van der Waals surface area contributed by atoms with Gasteiger partial charge in [0, 0.05) is 19.9 Å². The van der Waals surface area contributed by atoms with Crippen molar-refractivity contribution in [1.29, 1.82) is 0 Å². The van der Waals surface area contributed by atoms with Crippen molar-refractivity contribution in [3.05, 3.63) is 60.1 Å². The summed E-state index contributed by atoms with van der Waals surface area (Å²) >= 11 is 0. The number of likely N-dealkylation sites (tertiary alicyclic amines) is 1. The van der Waals surface area contributed by atoms with Crippen LogP contribution in [0.15, 0.2) is 53.2 Å². The van der Waals surface area contributed by atoms with Gasteiger partial charge < -0.3 is 14.0 Å². The number of methoxy groups -OCH3 is 1. The van der Waals surface area contributed by atoms with Crippen LogP contribution in [0.3, 0.4) is 0 Å². The second-order valence-electron chi connectivity index (χ2n) is 6.77. The predicted molar refractivity (Wildman–Crippen MR) is 104 cm³/mol. The van der Waals surface area contributed by atoms with E-state index in [1.165, 1.54) is 5.56 Å². The zero-order valence-corrected chi connectivity index (χ0v) is 16.0. The van der Waals surface area contributed by atoms with Gasteiger partial charge in [-0.3, -0.25) is 4.90 Å². The molecule has 4 rings (SSSR count). The summed E-state index contributed by atoms with van der Waals surface area (Å²) in [7, 11) is 1.64. The van der Waals surface area contributed by atoms with Crippen LogP contribution < -0.4 is 4.74 Å². The fourth-order valence-corrected chi connectivity index (χ4v) is 3.49. The predicted octanol–water partition coefficient (Wildman–Crippen LogP) is 3.49. The highest BCUT2D eigenvalue weighted by molar-refractivity contribution is 5.60. The Morgan fingerprint density at radius 1 is 1.14 bits per heavy atom. The first-order valence-electron chi connectivity index (χ1n) is 9.54. The first-order valence-corrected chi connectivity index (χ1v) is 9.54. The smallest absolute Gasteiger partial charge is 0.244 e. The first-order chi connectivity index (χ1) is 13.8. The van der Waals surface area contributed by atoms with Crippen molar-refractivity contribution in [1.82, 2.24) is 20.0 Å². The van der Waals surface area contributed by atoms with Gasteiger partial charge in [0.15, 0.2) is 0 Å². The molecule has 1 unspecified atom stereocenters. The fourth-order valence-electron chi connectivity index (χ4n) is 3.49. The number of benzene rings is 1. The van der Waals surface area contributed by atoms with Crippen molar-refractivity contribution < 1.29 is 14.0 Å². The summed E-state index contributed by atoms with van der Waals surface area (Å²) in [5.74, 6) is 1.64. The Morgan fingerprint density at radius 2 is 2.04 bits per heavy atom. The Hall–Kier alpha value is -2.77. The number of nitrogens with zero attached hydrogens (tertiary/aromatic N) is 4. The van der Waals surface area contributed by atoms with E-state index in [4.69, 9.17) is 14.0 Å². The summed E-state index contributed by atoms with van der Waals surface area (Å²) < 4.78 is 16.4. The molecular weight excluding hydrogens is 356 g/mol. The molecule has 1 aliphatic rings. The molecule has 0 saturated carbocycles. The zero-order chi connectivity index (χ0) is 19.2.